The Bertz CT molecular complexity index is 360. The van der Waals surface area contributed by atoms with E-state index in [1.54, 1.807) is 6.92 Å². The maximum atomic E-state index is 10.6. The van der Waals surface area contributed by atoms with Crippen molar-refractivity contribution < 1.29 is 9.53 Å². The largest absolute Gasteiger partial charge is 0.463 e. The molecule has 1 aromatic rings. The quantitative estimate of drug-likeness (QED) is 0.584. The van der Waals surface area contributed by atoms with E-state index in [0.717, 1.165) is 5.57 Å². The Kier molecular flexibility index (Phi) is 8.39. The molecular weight excluding hydrogens is 212 g/mol. The first kappa shape index (κ1) is 15.2. The number of ether oxygens (including phenoxy) is 1. The van der Waals surface area contributed by atoms with Crippen LogP contribution in [-0.2, 0) is 9.53 Å². The van der Waals surface area contributed by atoms with E-state index < -0.39 is 0 Å². The van der Waals surface area contributed by atoms with Crippen LogP contribution in [-0.4, -0.2) is 12.6 Å². The molecular formula is C15H20O2. The number of carbonyl (C=O) groups is 1. The smallest absolute Gasteiger partial charge is 0.330 e. The first-order valence-corrected chi connectivity index (χ1v) is 5.59. The van der Waals surface area contributed by atoms with Crippen molar-refractivity contribution in [3.8, 4) is 0 Å². The second kappa shape index (κ2) is 9.40. The van der Waals surface area contributed by atoms with Crippen molar-refractivity contribution in [1.29, 1.82) is 0 Å². The Morgan fingerprint density at radius 3 is 2.24 bits per heavy atom. The van der Waals surface area contributed by atoms with Gasteiger partial charge in [0.05, 0.1) is 6.61 Å². The first-order valence-electron chi connectivity index (χ1n) is 5.59. The van der Waals surface area contributed by atoms with Gasteiger partial charge in [-0.3, -0.25) is 0 Å². The highest BCUT2D eigenvalue weighted by Crippen LogP contribution is 1.97. The normalized spacial score (nSPS) is 8.41. The molecule has 0 aromatic heterocycles. The molecule has 17 heavy (non-hydrogen) atoms. The fourth-order valence-electron chi connectivity index (χ4n) is 1.01. The summed E-state index contributed by atoms with van der Waals surface area (Å²) in [6.45, 7) is 9.58. The summed E-state index contributed by atoms with van der Waals surface area (Å²) in [5, 5.41) is 0. The topological polar surface area (TPSA) is 26.3 Å². The Morgan fingerprint density at radius 2 is 1.88 bits per heavy atom. The lowest BCUT2D eigenvalue weighted by molar-refractivity contribution is -0.137. The first-order chi connectivity index (χ1) is 8.10. The Hall–Kier alpha value is -1.83. The predicted molar refractivity (Wildman–Crippen MR) is 72.6 cm³/mol. The van der Waals surface area contributed by atoms with Gasteiger partial charge in [-0.1, -0.05) is 48.6 Å². The average Bonchev–Trinajstić information content (AvgIpc) is 2.30. The molecule has 0 radical (unpaired) electrons. The maximum absolute atomic E-state index is 10.6. The molecule has 0 N–H and O–H groups in total. The fraction of sp³-hybridized carbons (Fsp3) is 0.267. The van der Waals surface area contributed by atoms with Crippen LogP contribution in [0.2, 0.25) is 0 Å². The highest BCUT2D eigenvalue weighted by molar-refractivity contribution is 5.82. The van der Waals surface area contributed by atoms with E-state index >= 15 is 0 Å². The molecule has 0 atom stereocenters. The van der Waals surface area contributed by atoms with Crippen LogP contribution in [0.5, 0.6) is 0 Å². The van der Waals surface area contributed by atoms with Crippen molar-refractivity contribution in [3.63, 3.8) is 0 Å². The van der Waals surface area contributed by atoms with Crippen molar-refractivity contribution in [2.45, 2.75) is 20.8 Å². The van der Waals surface area contributed by atoms with E-state index in [0.29, 0.717) is 6.61 Å². The SMILES string of the molecule is C=Cc1ccccc1.CCOC(=O)C=C(C)C. The molecule has 0 saturated heterocycles. The van der Waals surface area contributed by atoms with Gasteiger partial charge in [0.1, 0.15) is 0 Å². The van der Waals surface area contributed by atoms with Crippen molar-refractivity contribution in [2.24, 2.45) is 0 Å². The van der Waals surface area contributed by atoms with E-state index in [4.69, 9.17) is 0 Å². The maximum Gasteiger partial charge on any atom is 0.330 e. The van der Waals surface area contributed by atoms with Crippen molar-refractivity contribution in [2.75, 3.05) is 6.61 Å². The monoisotopic (exact) mass is 232 g/mol. The number of allylic oxidation sites excluding steroid dienone is 1. The van der Waals surface area contributed by atoms with Gasteiger partial charge in [-0.15, -0.1) is 0 Å². The molecule has 0 spiro atoms. The van der Waals surface area contributed by atoms with Gasteiger partial charge in [0.2, 0.25) is 0 Å². The minimum absolute atomic E-state index is 0.252. The minimum atomic E-state index is -0.252. The zero-order valence-corrected chi connectivity index (χ0v) is 10.8. The average molecular weight is 232 g/mol. The number of benzene rings is 1. The van der Waals surface area contributed by atoms with Crippen LogP contribution in [0.25, 0.3) is 6.08 Å². The number of rotatable bonds is 3. The van der Waals surface area contributed by atoms with Gasteiger partial charge >= 0.3 is 5.97 Å². The molecule has 92 valence electrons. The molecule has 2 nitrogen and oxygen atoms in total. The van der Waals surface area contributed by atoms with Gasteiger partial charge in [-0.05, 0) is 26.3 Å². The minimum Gasteiger partial charge on any atom is -0.463 e. The van der Waals surface area contributed by atoms with Gasteiger partial charge in [-0.2, -0.15) is 0 Å². The van der Waals surface area contributed by atoms with Crippen LogP contribution in [0, 0.1) is 0 Å². The third-order valence-corrected chi connectivity index (χ3v) is 1.73. The Labute approximate surface area is 104 Å². The zero-order valence-electron chi connectivity index (χ0n) is 10.8. The van der Waals surface area contributed by atoms with E-state index in [2.05, 4.69) is 11.3 Å². The molecule has 0 bridgehead atoms. The summed E-state index contributed by atoms with van der Waals surface area (Å²) in [5.41, 5.74) is 2.14. The standard InChI is InChI=1S/C8H8.C7H12O2/c1-2-8-6-4-3-5-7-8;1-4-9-7(8)5-6(2)3/h2-7H,1H2;5H,4H2,1-3H3. The molecule has 0 amide bonds. The highest BCUT2D eigenvalue weighted by atomic mass is 16.5. The molecule has 2 heteroatoms. The predicted octanol–water partition coefficient (Wildman–Crippen LogP) is 3.85. The summed E-state index contributed by atoms with van der Waals surface area (Å²) in [4.78, 5) is 10.6. The second-order valence-corrected chi connectivity index (χ2v) is 3.59. The summed E-state index contributed by atoms with van der Waals surface area (Å²) < 4.78 is 4.64. The summed E-state index contributed by atoms with van der Waals surface area (Å²) in [6.07, 6.45) is 3.31. The molecule has 0 unspecified atom stereocenters. The van der Waals surface area contributed by atoms with Crippen LogP contribution < -0.4 is 0 Å². The molecule has 0 aliphatic heterocycles. The third kappa shape index (κ3) is 9.12. The number of hydrogen-bond donors (Lipinski definition) is 0. The van der Waals surface area contributed by atoms with Crippen molar-refractivity contribution >= 4 is 12.0 Å². The number of esters is 1. The molecule has 1 rings (SSSR count). The summed E-state index contributed by atoms with van der Waals surface area (Å²) in [7, 11) is 0. The van der Waals surface area contributed by atoms with Gasteiger partial charge in [0.25, 0.3) is 0 Å². The Balaban J connectivity index is 0.000000302. The molecule has 0 fully saturated rings. The molecule has 1 aromatic carbocycles. The van der Waals surface area contributed by atoms with Gasteiger partial charge in [0.15, 0.2) is 0 Å². The van der Waals surface area contributed by atoms with Gasteiger partial charge in [-0.25, -0.2) is 4.79 Å². The number of carbonyl (C=O) groups excluding carboxylic acids is 1. The third-order valence-electron chi connectivity index (χ3n) is 1.73. The van der Waals surface area contributed by atoms with E-state index in [-0.39, 0.29) is 5.97 Å². The lowest BCUT2D eigenvalue weighted by Gasteiger charge is -1.94. The molecule has 0 saturated carbocycles. The molecule has 0 aliphatic rings. The molecule has 0 heterocycles. The number of hydrogen-bond acceptors (Lipinski definition) is 2. The second-order valence-electron chi connectivity index (χ2n) is 3.59. The lowest BCUT2D eigenvalue weighted by Crippen LogP contribution is -1.99. The van der Waals surface area contributed by atoms with E-state index in [9.17, 15) is 4.79 Å². The van der Waals surface area contributed by atoms with Crippen LogP contribution in [0.3, 0.4) is 0 Å². The highest BCUT2D eigenvalue weighted by Gasteiger charge is 1.92. The van der Waals surface area contributed by atoms with Crippen LogP contribution >= 0.6 is 0 Å². The van der Waals surface area contributed by atoms with Crippen molar-refractivity contribution in [1.82, 2.24) is 0 Å². The van der Waals surface area contributed by atoms with E-state index in [1.165, 1.54) is 11.6 Å². The van der Waals surface area contributed by atoms with Crippen LogP contribution in [0.15, 0.2) is 48.6 Å². The van der Waals surface area contributed by atoms with Gasteiger partial charge < -0.3 is 4.74 Å². The summed E-state index contributed by atoms with van der Waals surface area (Å²) >= 11 is 0. The zero-order chi connectivity index (χ0) is 13.1. The summed E-state index contributed by atoms with van der Waals surface area (Å²) in [6, 6.07) is 10.0. The summed E-state index contributed by atoms with van der Waals surface area (Å²) in [5.74, 6) is -0.252. The van der Waals surface area contributed by atoms with Crippen LogP contribution in [0.1, 0.15) is 26.3 Å². The van der Waals surface area contributed by atoms with E-state index in [1.807, 2.05) is 50.3 Å². The lowest BCUT2D eigenvalue weighted by atomic mass is 10.2. The Morgan fingerprint density at radius 1 is 1.29 bits per heavy atom. The van der Waals surface area contributed by atoms with Gasteiger partial charge in [0, 0.05) is 6.08 Å². The van der Waals surface area contributed by atoms with Crippen LogP contribution in [0.4, 0.5) is 0 Å². The fourth-order valence-corrected chi connectivity index (χ4v) is 1.01. The van der Waals surface area contributed by atoms with Crippen molar-refractivity contribution in [3.05, 3.63) is 54.1 Å². The molecule has 0 aliphatic carbocycles.